The van der Waals surface area contributed by atoms with E-state index in [1.807, 2.05) is 12.1 Å². The van der Waals surface area contributed by atoms with Crippen molar-refractivity contribution in [2.75, 3.05) is 13.4 Å². The molecule has 0 atom stereocenters. The van der Waals surface area contributed by atoms with Gasteiger partial charge in [-0.15, -0.1) is 11.8 Å². The van der Waals surface area contributed by atoms with E-state index in [9.17, 15) is 0 Å². The molecule has 2 aromatic carbocycles. The van der Waals surface area contributed by atoms with E-state index in [1.54, 1.807) is 18.9 Å². The van der Waals surface area contributed by atoms with Gasteiger partial charge in [-0.05, 0) is 35.6 Å². The normalized spacial score (nSPS) is 10.1. The Morgan fingerprint density at radius 2 is 1.81 bits per heavy atom. The van der Waals surface area contributed by atoms with Crippen molar-refractivity contribution in [2.45, 2.75) is 4.90 Å². The summed E-state index contributed by atoms with van der Waals surface area (Å²) in [7, 11) is 1.69. The summed E-state index contributed by atoms with van der Waals surface area (Å²) in [5, 5.41) is 0. The van der Waals surface area contributed by atoms with Gasteiger partial charge in [-0.2, -0.15) is 0 Å². The summed E-state index contributed by atoms with van der Waals surface area (Å²) < 4.78 is 5.24. The minimum Gasteiger partial charge on any atom is -0.497 e. The summed E-state index contributed by atoms with van der Waals surface area (Å²) in [5.41, 5.74) is 2.46. The SMILES string of the molecule is COc1cccc(-c2ccccc2SC)c1. The van der Waals surface area contributed by atoms with E-state index in [-0.39, 0.29) is 0 Å². The van der Waals surface area contributed by atoms with Crippen molar-refractivity contribution < 1.29 is 4.74 Å². The van der Waals surface area contributed by atoms with Crippen LogP contribution >= 0.6 is 11.8 Å². The summed E-state index contributed by atoms with van der Waals surface area (Å²) >= 11 is 1.76. The zero-order valence-corrected chi connectivity index (χ0v) is 10.3. The standard InChI is InChI=1S/C14H14OS/c1-15-12-7-5-6-11(10-12)13-8-3-4-9-14(13)16-2/h3-10H,1-2H3. The van der Waals surface area contributed by atoms with Crippen molar-refractivity contribution in [3.05, 3.63) is 48.5 Å². The maximum Gasteiger partial charge on any atom is 0.119 e. The van der Waals surface area contributed by atoms with Crippen LogP contribution in [0.15, 0.2) is 53.4 Å². The Hall–Kier alpha value is -1.41. The molecule has 0 aliphatic heterocycles. The molecule has 82 valence electrons. The molecule has 0 heterocycles. The van der Waals surface area contributed by atoms with Crippen LogP contribution in [0.1, 0.15) is 0 Å². The number of thioether (sulfide) groups is 1. The van der Waals surface area contributed by atoms with Crippen LogP contribution in [0, 0.1) is 0 Å². The summed E-state index contributed by atoms with van der Waals surface area (Å²) in [6, 6.07) is 16.6. The Labute approximate surface area is 100 Å². The Bertz CT molecular complexity index is 480. The Balaban J connectivity index is 2.49. The molecule has 0 saturated carbocycles. The molecule has 2 aromatic rings. The lowest BCUT2D eigenvalue weighted by atomic mass is 10.1. The van der Waals surface area contributed by atoms with E-state index >= 15 is 0 Å². The first kappa shape index (κ1) is 11.1. The van der Waals surface area contributed by atoms with Gasteiger partial charge in [0.15, 0.2) is 0 Å². The van der Waals surface area contributed by atoms with Crippen LogP contribution < -0.4 is 4.74 Å². The molecule has 2 rings (SSSR count). The van der Waals surface area contributed by atoms with Crippen molar-refractivity contribution in [1.29, 1.82) is 0 Å². The highest BCUT2D eigenvalue weighted by atomic mass is 32.2. The molecule has 2 heteroatoms. The fourth-order valence-corrected chi connectivity index (χ4v) is 2.29. The van der Waals surface area contributed by atoms with Crippen molar-refractivity contribution in [1.82, 2.24) is 0 Å². The van der Waals surface area contributed by atoms with E-state index in [4.69, 9.17) is 4.74 Å². The van der Waals surface area contributed by atoms with Gasteiger partial charge >= 0.3 is 0 Å². The third-order valence-corrected chi connectivity index (χ3v) is 3.28. The minimum absolute atomic E-state index is 0.897. The molecule has 0 aliphatic carbocycles. The van der Waals surface area contributed by atoms with E-state index < -0.39 is 0 Å². The molecule has 16 heavy (non-hydrogen) atoms. The van der Waals surface area contributed by atoms with Gasteiger partial charge in [0, 0.05) is 4.90 Å². The van der Waals surface area contributed by atoms with E-state index in [2.05, 4.69) is 42.7 Å². The minimum atomic E-state index is 0.897. The van der Waals surface area contributed by atoms with Gasteiger partial charge in [0.25, 0.3) is 0 Å². The molecule has 0 unspecified atom stereocenters. The number of rotatable bonds is 3. The fraction of sp³-hybridized carbons (Fsp3) is 0.143. The lowest BCUT2D eigenvalue weighted by Crippen LogP contribution is -1.85. The van der Waals surface area contributed by atoms with Gasteiger partial charge in [0.1, 0.15) is 5.75 Å². The van der Waals surface area contributed by atoms with Crippen LogP contribution in [0.5, 0.6) is 5.75 Å². The second-order valence-corrected chi connectivity index (χ2v) is 4.28. The Morgan fingerprint density at radius 3 is 2.56 bits per heavy atom. The molecule has 0 amide bonds. The third-order valence-electron chi connectivity index (χ3n) is 2.49. The van der Waals surface area contributed by atoms with Gasteiger partial charge in [-0.1, -0.05) is 30.3 Å². The highest BCUT2D eigenvalue weighted by molar-refractivity contribution is 7.98. The van der Waals surface area contributed by atoms with E-state index in [0.717, 1.165) is 5.75 Å². The van der Waals surface area contributed by atoms with Crippen LogP contribution in [-0.2, 0) is 0 Å². The quantitative estimate of drug-likeness (QED) is 0.735. The Kier molecular flexibility index (Phi) is 3.52. The molecule has 0 spiro atoms. The highest BCUT2D eigenvalue weighted by Gasteiger charge is 2.04. The molecule has 0 bridgehead atoms. The summed E-state index contributed by atoms with van der Waals surface area (Å²) in [4.78, 5) is 1.29. The Morgan fingerprint density at radius 1 is 1.00 bits per heavy atom. The summed E-state index contributed by atoms with van der Waals surface area (Å²) in [6.45, 7) is 0. The second kappa shape index (κ2) is 5.08. The van der Waals surface area contributed by atoms with Crippen LogP contribution in [0.3, 0.4) is 0 Å². The molecule has 0 N–H and O–H groups in total. The molecule has 0 saturated heterocycles. The smallest absolute Gasteiger partial charge is 0.119 e. The molecule has 0 fully saturated rings. The predicted molar refractivity (Wildman–Crippen MR) is 70.2 cm³/mol. The second-order valence-electron chi connectivity index (χ2n) is 3.43. The molecule has 1 nitrogen and oxygen atoms in total. The number of methoxy groups -OCH3 is 1. The molecule has 0 aromatic heterocycles. The van der Waals surface area contributed by atoms with Gasteiger partial charge in [0.05, 0.1) is 7.11 Å². The number of hydrogen-bond acceptors (Lipinski definition) is 2. The zero-order chi connectivity index (χ0) is 11.4. The van der Waals surface area contributed by atoms with Crippen molar-refractivity contribution in [3.8, 4) is 16.9 Å². The van der Waals surface area contributed by atoms with E-state index in [1.165, 1.54) is 16.0 Å². The first-order valence-corrected chi connectivity index (χ1v) is 6.35. The van der Waals surface area contributed by atoms with Gasteiger partial charge in [0.2, 0.25) is 0 Å². The lowest BCUT2D eigenvalue weighted by Gasteiger charge is -2.08. The summed E-state index contributed by atoms with van der Waals surface area (Å²) in [6.07, 6.45) is 2.10. The highest BCUT2D eigenvalue weighted by Crippen LogP contribution is 2.31. The summed E-state index contributed by atoms with van der Waals surface area (Å²) in [5.74, 6) is 0.897. The first-order chi connectivity index (χ1) is 7.85. The maximum absolute atomic E-state index is 5.24. The zero-order valence-electron chi connectivity index (χ0n) is 9.44. The third kappa shape index (κ3) is 2.22. The van der Waals surface area contributed by atoms with Crippen molar-refractivity contribution >= 4 is 11.8 Å². The molecular formula is C14H14OS. The topological polar surface area (TPSA) is 9.23 Å². The lowest BCUT2D eigenvalue weighted by molar-refractivity contribution is 0.415. The monoisotopic (exact) mass is 230 g/mol. The van der Waals surface area contributed by atoms with Crippen LogP contribution in [0.4, 0.5) is 0 Å². The number of benzene rings is 2. The molecular weight excluding hydrogens is 216 g/mol. The largest absolute Gasteiger partial charge is 0.497 e. The van der Waals surface area contributed by atoms with E-state index in [0.29, 0.717) is 0 Å². The number of ether oxygens (including phenoxy) is 1. The van der Waals surface area contributed by atoms with Gasteiger partial charge in [-0.3, -0.25) is 0 Å². The van der Waals surface area contributed by atoms with Gasteiger partial charge in [-0.25, -0.2) is 0 Å². The van der Waals surface area contributed by atoms with Crippen molar-refractivity contribution in [3.63, 3.8) is 0 Å². The average Bonchev–Trinajstić information content (AvgIpc) is 2.38. The molecule has 0 radical (unpaired) electrons. The first-order valence-electron chi connectivity index (χ1n) is 5.12. The molecule has 0 aliphatic rings. The maximum atomic E-state index is 5.24. The van der Waals surface area contributed by atoms with Crippen LogP contribution in [-0.4, -0.2) is 13.4 Å². The van der Waals surface area contributed by atoms with Crippen molar-refractivity contribution in [2.24, 2.45) is 0 Å². The predicted octanol–water partition coefficient (Wildman–Crippen LogP) is 4.08. The van der Waals surface area contributed by atoms with Crippen LogP contribution in [0.25, 0.3) is 11.1 Å². The average molecular weight is 230 g/mol. The number of hydrogen-bond donors (Lipinski definition) is 0. The fourth-order valence-electron chi connectivity index (χ4n) is 1.67. The van der Waals surface area contributed by atoms with Gasteiger partial charge < -0.3 is 4.74 Å². The van der Waals surface area contributed by atoms with Crippen LogP contribution in [0.2, 0.25) is 0 Å².